The molecule has 0 spiro atoms. The molecule has 2 aliphatic heterocycles. The third-order valence-electron chi connectivity index (χ3n) is 6.46. The smallest absolute Gasteiger partial charge is 0.256 e. The zero-order valence-electron chi connectivity index (χ0n) is 18.3. The second-order valence-corrected chi connectivity index (χ2v) is 8.41. The van der Waals surface area contributed by atoms with Gasteiger partial charge in [-0.25, -0.2) is 9.97 Å². The van der Waals surface area contributed by atoms with Crippen LogP contribution >= 0.6 is 0 Å². The number of fused-ring (bicyclic) bond motifs is 2. The predicted octanol–water partition coefficient (Wildman–Crippen LogP) is 2.60. The lowest BCUT2D eigenvalue weighted by molar-refractivity contribution is -0.127. The summed E-state index contributed by atoms with van der Waals surface area (Å²) in [5.74, 6) is 1.77. The van der Waals surface area contributed by atoms with E-state index in [4.69, 9.17) is 9.97 Å². The topological polar surface area (TPSA) is 91.3 Å². The van der Waals surface area contributed by atoms with Gasteiger partial charge in [0.2, 0.25) is 5.91 Å². The van der Waals surface area contributed by atoms with Gasteiger partial charge >= 0.3 is 0 Å². The normalized spacial score (nSPS) is 18.0. The number of nitrogens with one attached hydrogen (secondary N) is 1. The van der Waals surface area contributed by atoms with Crippen molar-refractivity contribution in [3.05, 3.63) is 59.2 Å². The number of pyridine rings is 1. The molecule has 8 heteroatoms. The van der Waals surface area contributed by atoms with Gasteiger partial charge in [0, 0.05) is 63.1 Å². The molecule has 1 N–H and O–H groups in total. The lowest BCUT2D eigenvalue weighted by Gasteiger charge is -2.30. The fraction of sp³-hybridized carbons (Fsp3) is 0.375. The van der Waals surface area contributed by atoms with Gasteiger partial charge in [0.05, 0.1) is 23.3 Å². The lowest BCUT2D eigenvalue weighted by Crippen LogP contribution is -2.37. The average molecular weight is 431 g/mol. The maximum absolute atomic E-state index is 13.4. The Morgan fingerprint density at radius 3 is 2.72 bits per heavy atom. The van der Waals surface area contributed by atoms with Crippen LogP contribution in [0.25, 0.3) is 10.9 Å². The number of likely N-dealkylation sites (tertiary alicyclic amines) is 1. The number of amides is 2. The minimum absolute atomic E-state index is 0.0287. The van der Waals surface area contributed by atoms with E-state index in [1.165, 1.54) is 0 Å². The molecule has 4 heterocycles. The lowest BCUT2D eigenvalue weighted by atomic mass is 10.0. The van der Waals surface area contributed by atoms with Crippen molar-refractivity contribution in [2.45, 2.75) is 32.2 Å². The van der Waals surface area contributed by atoms with E-state index in [1.54, 1.807) is 13.1 Å². The molecule has 2 aromatic heterocycles. The Hall–Kier alpha value is -3.55. The van der Waals surface area contributed by atoms with Crippen LogP contribution in [-0.2, 0) is 17.8 Å². The molecule has 1 saturated heterocycles. The van der Waals surface area contributed by atoms with E-state index in [2.05, 4.69) is 10.3 Å². The maximum Gasteiger partial charge on any atom is 0.256 e. The van der Waals surface area contributed by atoms with Gasteiger partial charge in [-0.2, -0.15) is 0 Å². The molecule has 3 aromatic rings. The minimum atomic E-state index is -0.0287. The highest BCUT2D eigenvalue weighted by Crippen LogP contribution is 2.31. The molecule has 0 saturated carbocycles. The molecule has 32 heavy (non-hydrogen) atoms. The summed E-state index contributed by atoms with van der Waals surface area (Å²) in [6, 6.07) is 9.55. The molecule has 0 aliphatic carbocycles. The number of benzene rings is 1. The van der Waals surface area contributed by atoms with Crippen molar-refractivity contribution in [1.29, 1.82) is 0 Å². The summed E-state index contributed by atoms with van der Waals surface area (Å²) in [5, 5.41) is 4.15. The van der Waals surface area contributed by atoms with Gasteiger partial charge < -0.3 is 15.1 Å². The van der Waals surface area contributed by atoms with Crippen molar-refractivity contribution >= 4 is 28.5 Å². The summed E-state index contributed by atoms with van der Waals surface area (Å²) in [6.07, 6.45) is 3.27. The molecule has 8 nitrogen and oxygen atoms in total. The highest BCUT2D eigenvalue weighted by atomic mass is 16.2. The van der Waals surface area contributed by atoms with Crippen molar-refractivity contribution in [1.82, 2.24) is 24.8 Å². The first-order valence-electron chi connectivity index (χ1n) is 11.0. The van der Waals surface area contributed by atoms with Crippen LogP contribution in [0.3, 0.4) is 0 Å². The molecule has 2 aliphatic rings. The summed E-state index contributed by atoms with van der Waals surface area (Å²) in [6.45, 7) is 4.07. The van der Waals surface area contributed by atoms with Gasteiger partial charge in [-0.05, 0) is 18.6 Å². The van der Waals surface area contributed by atoms with Crippen molar-refractivity contribution in [2.24, 2.45) is 0 Å². The van der Waals surface area contributed by atoms with E-state index < -0.39 is 0 Å². The van der Waals surface area contributed by atoms with Crippen molar-refractivity contribution < 1.29 is 9.59 Å². The third-order valence-corrected chi connectivity index (χ3v) is 6.46. The Kier molecular flexibility index (Phi) is 5.20. The summed E-state index contributed by atoms with van der Waals surface area (Å²) in [5.41, 5.74) is 3.29. The quantitative estimate of drug-likeness (QED) is 0.687. The summed E-state index contributed by atoms with van der Waals surface area (Å²) < 4.78 is 0. The first-order chi connectivity index (χ1) is 15.5. The summed E-state index contributed by atoms with van der Waals surface area (Å²) in [4.78, 5) is 42.9. The number of hydrogen-bond donors (Lipinski definition) is 1. The van der Waals surface area contributed by atoms with Gasteiger partial charge in [0.1, 0.15) is 11.6 Å². The van der Waals surface area contributed by atoms with Crippen LogP contribution in [0.5, 0.6) is 0 Å². The van der Waals surface area contributed by atoms with Gasteiger partial charge in [-0.15, -0.1) is 0 Å². The van der Waals surface area contributed by atoms with Gasteiger partial charge in [-0.3, -0.25) is 14.6 Å². The SMILES string of the molecule is CNc1nc(C2CCN(C(C)=O)C2)nc2c1CN(C(=O)c1cccc3cccnc13)CC2. The van der Waals surface area contributed by atoms with Crippen LogP contribution < -0.4 is 5.32 Å². The molecule has 164 valence electrons. The largest absolute Gasteiger partial charge is 0.373 e. The zero-order valence-corrected chi connectivity index (χ0v) is 18.3. The Morgan fingerprint density at radius 2 is 1.94 bits per heavy atom. The highest BCUT2D eigenvalue weighted by molar-refractivity contribution is 6.05. The Labute approximate surface area is 186 Å². The number of nitrogens with zero attached hydrogens (tertiary/aromatic N) is 5. The van der Waals surface area contributed by atoms with E-state index in [0.29, 0.717) is 31.6 Å². The maximum atomic E-state index is 13.4. The fourth-order valence-electron chi connectivity index (χ4n) is 4.70. The molecule has 5 rings (SSSR count). The van der Waals surface area contributed by atoms with E-state index in [-0.39, 0.29) is 17.7 Å². The van der Waals surface area contributed by atoms with Crippen LogP contribution in [0.1, 0.15) is 46.7 Å². The number of anilines is 1. The molecule has 2 amide bonds. The summed E-state index contributed by atoms with van der Waals surface area (Å²) in [7, 11) is 1.85. The molecule has 0 radical (unpaired) electrons. The number of rotatable bonds is 3. The van der Waals surface area contributed by atoms with Gasteiger partial charge in [0.25, 0.3) is 5.91 Å². The van der Waals surface area contributed by atoms with Crippen LogP contribution in [-0.4, -0.2) is 63.2 Å². The van der Waals surface area contributed by atoms with E-state index >= 15 is 0 Å². The molecule has 1 aromatic carbocycles. The van der Waals surface area contributed by atoms with E-state index in [0.717, 1.165) is 46.8 Å². The monoisotopic (exact) mass is 430 g/mol. The first kappa shape index (κ1) is 20.4. The third kappa shape index (κ3) is 3.55. The summed E-state index contributed by atoms with van der Waals surface area (Å²) >= 11 is 0. The second kappa shape index (κ2) is 8.18. The number of para-hydroxylation sites is 1. The first-order valence-corrected chi connectivity index (χ1v) is 11.0. The minimum Gasteiger partial charge on any atom is -0.373 e. The highest BCUT2D eigenvalue weighted by Gasteiger charge is 2.31. The number of carbonyl (C=O) groups excluding carboxylic acids is 2. The van der Waals surface area contributed by atoms with Crippen molar-refractivity contribution in [3.63, 3.8) is 0 Å². The predicted molar refractivity (Wildman–Crippen MR) is 121 cm³/mol. The Morgan fingerprint density at radius 1 is 1.09 bits per heavy atom. The van der Waals surface area contributed by atoms with Crippen LogP contribution in [0, 0.1) is 0 Å². The molecule has 1 atom stereocenters. The van der Waals surface area contributed by atoms with E-state index in [1.807, 2.05) is 47.2 Å². The van der Waals surface area contributed by atoms with Crippen molar-refractivity contribution in [3.8, 4) is 0 Å². The number of hydrogen-bond acceptors (Lipinski definition) is 6. The van der Waals surface area contributed by atoms with Gasteiger partial charge in [0.15, 0.2) is 0 Å². The Bertz CT molecular complexity index is 1190. The molecular weight excluding hydrogens is 404 g/mol. The number of carbonyl (C=O) groups is 2. The fourth-order valence-corrected chi connectivity index (χ4v) is 4.70. The Balaban J connectivity index is 1.42. The average Bonchev–Trinajstić information content (AvgIpc) is 3.33. The molecule has 0 bridgehead atoms. The second-order valence-electron chi connectivity index (χ2n) is 8.41. The van der Waals surface area contributed by atoms with Crippen LogP contribution in [0.15, 0.2) is 36.5 Å². The standard InChI is InChI=1S/C24H26N6O2/c1-15(31)29-11-8-17(13-29)22-27-20-9-12-30(14-19(20)23(25-2)28-22)24(32)18-7-3-5-16-6-4-10-26-21(16)18/h3-7,10,17H,8-9,11-14H2,1-2H3,(H,25,27,28). The number of aromatic nitrogens is 3. The van der Waals surface area contributed by atoms with Gasteiger partial charge in [-0.1, -0.05) is 18.2 Å². The molecular formula is C24H26N6O2. The van der Waals surface area contributed by atoms with E-state index in [9.17, 15) is 9.59 Å². The van der Waals surface area contributed by atoms with Crippen LogP contribution in [0.2, 0.25) is 0 Å². The van der Waals surface area contributed by atoms with Crippen molar-refractivity contribution in [2.75, 3.05) is 32.0 Å². The molecule has 1 unspecified atom stereocenters. The van der Waals surface area contributed by atoms with Crippen LogP contribution in [0.4, 0.5) is 5.82 Å². The zero-order chi connectivity index (χ0) is 22.2. The molecule has 1 fully saturated rings.